The summed E-state index contributed by atoms with van der Waals surface area (Å²) >= 11 is 0. The average molecular weight is 381 g/mol. The molecule has 5 nitrogen and oxygen atoms in total. The van der Waals surface area contributed by atoms with E-state index in [0.717, 1.165) is 45.3 Å². The molecule has 1 N–H and O–H groups in total. The van der Waals surface area contributed by atoms with Crippen molar-refractivity contribution in [3.05, 3.63) is 30.3 Å². The predicted octanol–water partition coefficient (Wildman–Crippen LogP) is 3.17. The molecule has 1 heterocycles. The first-order chi connectivity index (χ1) is 12.6. The number of sulfonamides is 1. The van der Waals surface area contributed by atoms with Gasteiger partial charge in [-0.3, -0.25) is 0 Å². The molecule has 146 valence electrons. The van der Waals surface area contributed by atoms with E-state index in [0.29, 0.717) is 10.9 Å². The third-order valence-electron chi connectivity index (χ3n) is 5.81. The van der Waals surface area contributed by atoms with E-state index in [9.17, 15) is 8.42 Å². The minimum Gasteiger partial charge on any atom is -0.378 e. The Kier molecular flexibility index (Phi) is 7.09. The Morgan fingerprint density at radius 3 is 2.46 bits per heavy atom. The summed E-state index contributed by atoms with van der Waals surface area (Å²) in [6.07, 6.45) is 8.87. The van der Waals surface area contributed by atoms with Crippen LogP contribution in [0.25, 0.3) is 0 Å². The number of ether oxygens (including phenoxy) is 1. The van der Waals surface area contributed by atoms with E-state index in [-0.39, 0.29) is 12.1 Å². The molecule has 2 aliphatic rings. The summed E-state index contributed by atoms with van der Waals surface area (Å²) in [6, 6.07) is 9.39. The molecule has 3 rings (SSSR count). The van der Waals surface area contributed by atoms with Crippen LogP contribution in [-0.2, 0) is 14.8 Å². The van der Waals surface area contributed by atoms with Crippen molar-refractivity contribution in [2.24, 2.45) is 0 Å². The van der Waals surface area contributed by atoms with E-state index in [4.69, 9.17) is 4.74 Å². The normalized spacial score (nSPS) is 27.5. The molecule has 1 saturated carbocycles. The molecule has 0 aromatic heterocycles. The molecule has 0 spiro atoms. The Morgan fingerprint density at radius 2 is 1.81 bits per heavy atom. The lowest BCUT2D eigenvalue weighted by Crippen LogP contribution is -2.41. The lowest BCUT2D eigenvalue weighted by Gasteiger charge is -2.34. The van der Waals surface area contributed by atoms with Crippen LogP contribution in [0, 0.1) is 0 Å². The van der Waals surface area contributed by atoms with E-state index < -0.39 is 10.0 Å². The van der Waals surface area contributed by atoms with Crippen LogP contribution in [0.4, 0.5) is 0 Å². The van der Waals surface area contributed by atoms with Crippen molar-refractivity contribution in [3.63, 3.8) is 0 Å². The summed E-state index contributed by atoms with van der Waals surface area (Å²) in [5, 5.41) is 3.56. The van der Waals surface area contributed by atoms with E-state index >= 15 is 0 Å². The highest BCUT2D eigenvalue weighted by Gasteiger charge is 2.31. The highest BCUT2D eigenvalue weighted by molar-refractivity contribution is 7.89. The van der Waals surface area contributed by atoms with Gasteiger partial charge in [-0.25, -0.2) is 8.42 Å². The summed E-state index contributed by atoms with van der Waals surface area (Å²) < 4.78 is 33.1. The fourth-order valence-electron chi connectivity index (χ4n) is 4.08. The maximum Gasteiger partial charge on any atom is 0.243 e. The Balaban J connectivity index is 1.43. The van der Waals surface area contributed by atoms with Crippen molar-refractivity contribution in [2.75, 3.05) is 20.2 Å². The number of hydrogen-bond donors (Lipinski definition) is 1. The SMILES string of the molecule is CN(C1CCC(OCCC2CCCCN2)CC1)S(=O)(=O)c1ccccc1. The van der Waals surface area contributed by atoms with Gasteiger partial charge in [-0.05, 0) is 63.6 Å². The maximum absolute atomic E-state index is 12.7. The van der Waals surface area contributed by atoms with Gasteiger partial charge in [0.15, 0.2) is 0 Å². The minimum absolute atomic E-state index is 0.0695. The highest BCUT2D eigenvalue weighted by atomic mass is 32.2. The van der Waals surface area contributed by atoms with Crippen LogP contribution < -0.4 is 5.32 Å². The lowest BCUT2D eigenvalue weighted by atomic mass is 9.93. The molecular weight excluding hydrogens is 348 g/mol. The maximum atomic E-state index is 12.7. The van der Waals surface area contributed by atoms with E-state index in [1.54, 1.807) is 35.6 Å². The summed E-state index contributed by atoms with van der Waals surface area (Å²) in [5.41, 5.74) is 0. The number of piperidine rings is 1. The van der Waals surface area contributed by atoms with Gasteiger partial charge in [0.25, 0.3) is 0 Å². The van der Waals surface area contributed by atoms with Crippen LogP contribution in [0.2, 0.25) is 0 Å². The van der Waals surface area contributed by atoms with Crippen molar-refractivity contribution in [3.8, 4) is 0 Å². The predicted molar refractivity (Wildman–Crippen MR) is 104 cm³/mol. The van der Waals surface area contributed by atoms with Gasteiger partial charge in [-0.15, -0.1) is 0 Å². The molecule has 0 amide bonds. The molecule has 1 aromatic rings. The second-order valence-electron chi connectivity index (χ2n) is 7.57. The quantitative estimate of drug-likeness (QED) is 0.789. The fraction of sp³-hybridized carbons (Fsp3) is 0.700. The molecule has 1 atom stereocenters. The number of nitrogens with one attached hydrogen (secondary N) is 1. The Hall–Kier alpha value is -0.950. The third-order valence-corrected chi connectivity index (χ3v) is 7.73. The van der Waals surface area contributed by atoms with Crippen LogP contribution in [0.5, 0.6) is 0 Å². The molecule has 1 aliphatic heterocycles. The first kappa shape index (κ1) is 19.8. The number of benzene rings is 1. The van der Waals surface area contributed by atoms with Gasteiger partial charge < -0.3 is 10.1 Å². The lowest BCUT2D eigenvalue weighted by molar-refractivity contribution is 0.0124. The molecule has 1 aliphatic carbocycles. The van der Waals surface area contributed by atoms with Gasteiger partial charge in [-0.2, -0.15) is 4.31 Å². The van der Waals surface area contributed by atoms with Crippen LogP contribution in [-0.4, -0.2) is 51.1 Å². The van der Waals surface area contributed by atoms with E-state index in [1.807, 2.05) is 6.07 Å². The minimum atomic E-state index is -3.40. The highest BCUT2D eigenvalue weighted by Crippen LogP contribution is 2.28. The molecule has 2 fully saturated rings. The third kappa shape index (κ3) is 5.06. The zero-order valence-corrected chi connectivity index (χ0v) is 16.6. The fourth-order valence-corrected chi connectivity index (χ4v) is 5.51. The largest absolute Gasteiger partial charge is 0.378 e. The van der Waals surface area contributed by atoms with Gasteiger partial charge >= 0.3 is 0 Å². The van der Waals surface area contributed by atoms with Crippen LogP contribution in [0.1, 0.15) is 51.4 Å². The van der Waals surface area contributed by atoms with Gasteiger partial charge in [0, 0.05) is 25.7 Å². The number of hydrogen-bond acceptors (Lipinski definition) is 4. The molecule has 1 unspecified atom stereocenters. The summed E-state index contributed by atoms with van der Waals surface area (Å²) in [6.45, 7) is 1.95. The first-order valence-corrected chi connectivity index (χ1v) is 11.4. The summed E-state index contributed by atoms with van der Waals surface area (Å²) in [4.78, 5) is 0.376. The van der Waals surface area contributed by atoms with E-state index in [1.165, 1.54) is 19.3 Å². The van der Waals surface area contributed by atoms with Gasteiger partial charge in [0.05, 0.1) is 11.0 Å². The topological polar surface area (TPSA) is 58.6 Å². The second-order valence-corrected chi connectivity index (χ2v) is 9.57. The van der Waals surface area contributed by atoms with Crippen LogP contribution >= 0.6 is 0 Å². The van der Waals surface area contributed by atoms with Crippen molar-refractivity contribution in [1.29, 1.82) is 0 Å². The van der Waals surface area contributed by atoms with E-state index in [2.05, 4.69) is 5.32 Å². The van der Waals surface area contributed by atoms with Gasteiger partial charge in [0.2, 0.25) is 10.0 Å². The molecule has 26 heavy (non-hydrogen) atoms. The van der Waals surface area contributed by atoms with Crippen molar-refractivity contribution < 1.29 is 13.2 Å². The zero-order chi connectivity index (χ0) is 18.4. The van der Waals surface area contributed by atoms with Crippen molar-refractivity contribution in [1.82, 2.24) is 9.62 Å². The molecule has 0 bridgehead atoms. The molecule has 6 heteroatoms. The Morgan fingerprint density at radius 1 is 1.08 bits per heavy atom. The standard InChI is InChI=1S/C20H32N2O3S/c1-22(26(23,24)20-8-3-2-4-9-20)18-10-12-19(13-11-18)25-16-14-17-7-5-6-15-21-17/h2-4,8-9,17-19,21H,5-7,10-16H2,1H3. The molecule has 1 saturated heterocycles. The molecular formula is C20H32N2O3S. The second kappa shape index (κ2) is 9.31. The smallest absolute Gasteiger partial charge is 0.243 e. The Labute approximate surface area is 158 Å². The monoisotopic (exact) mass is 380 g/mol. The molecule has 1 aromatic carbocycles. The van der Waals surface area contributed by atoms with Crippen LogP contribution in [0.3, 0.4) is 0 Å². The van der Waals surface area contributed by atoms with Gasteiger partial charge in [-0.1, -0.05) is 24.6 Å². The average Bonchev–Trinajstić information content (AvgIpc) is 2.69. The van der Waals surface area contributed by atoms with Gasteiger partial charge in [0.1, 0.15) is 0 Å². The first-order valence-electron chi connectivity index (χ1n) is 9.95. The summed E-state index contributed by atoms with van der Waals surface area (Å²) in [7, 11) is -1.69. The Bertz CT molecular complexity index is 636. The van der Waals surface area contributed by atoms with Crippen LogP contribution in [0.15, 0.2) is 35.2 Å². The number of rotatable bonds is 7. The molecule has 0 radical (unpaired) electrons. The van der Waals surface area contributed by atoms with Crippen molar-refractivity contribution >= 4 is 10.0 Å². The van der Waals surface area contributed by atoms with Crippen molar-refractivity contribution in [2.45, 2.75) is 74.4 Å². The zero-order valence-electron chi connectivity index (χ0n) is 15.8. The number of nitrogens with zero attached hydrogens (tertiary/aromatic N) is 1. The summed E-state index contributed by atoms with van der Waals surface area (Å²) in [5.74, 6) is 0.